The largest absolute Gasteiger partial charge is 0.347 e. The normalized spacial score (nSPS) is 21.0. The van der Waals surface area contributed by atoms with Gasteiger partial charge < -0.3 is 4.90 Å². The van der Waals surface area contributed by atoms with Crippen molar-refractivity contribution in [3.8, 4) is 0 Å². The van der Waals surface area contributed by atoms with Gasteiger partial charge in [-0.15, -0.1) is 0 Å². The van der Waals surface area contributed by atoms with Crippen molar-refractivity contribution in [1.29, 1.82) is 0 Å². The monoisotopic (exact) mass is 303 g/mol. The van der Waals surface area contributed by atoms with Crippen LogP contribution >= 0.6 is 27.5 Å². The maximum atomic E-state index is 4.61. The first-order valence-corrected chi connectivity index (χ1v) is 7.74. The van der Waals surface area contributed by atoms with Gasteiger partial charge in [-0.05, 0) is 18.8 Å². The molecule has 0 aromatic carbocycles. The molecule has 1 aliphatic rings. The summed E-state index contributed by atoms with van der Waals surface area (Å²) in [5.74, 6) is 2.25. The van der Waals surface area contributed by atoms with Gasteiger partial charge in [-0.25, -0.2) is 4.98 Å². The minimum Gasteiger partial charge on any atom is -0.347 e. The Morgan fingerprint density at radius 3 is 3.00 bits per heavy atom. The lowest BCUT2D eigenvalue weighted by molar-refractivity contribution is 0.575. The average Bonchev–Trinajstić information content (AvgIpc) is 2.84. The van der Waals surface area contributed by atoms with Crippen LogP contribution in [0.1, 0.15) is 38.4 Å². The topological polar surface area (TPSA) is 29.0 Å². The van der Waals surface area contributed by atoms with Crippen LogP contribution in [0.4, 0.5) is 5.13 Å². The Bertz CT molecular complexity index is 340. The zero-order valence-corrected chi connectivity index (χ0v) is 12.2. The molecule has 2 heterocycles. The van der Waals surface area contributed by atoms with E-state index in [1.54, 1.807) is 11.5 Å². The number of anilines is 1. The highest BCUT2D eigenvalue weighted by atomic mass is 79.9. The maximum Gasteiger partial charge on any atom is 0.205 e. The van der Waals surface area contributed by atoms with E-state index in [1.807, 2.05) is 0 Å². The Hall–Kier alpha value is -0.160. The third-order valence-corrected chi connectivity index (χ3v) is 4.27. The predicted molar refractivity (Wildman–Crippen MR) is 72.7 cm³/mol. The van der Waals surface area contributed by atoms with E-state index < -0.39 is 0 Å². The summed E-state index contributed by atoms with van der Waals surface area (Å²) in [5, 5.41) is 2.22. The van der Waals surface area contributed by atoms with Gasteiger partial charge in [-0.1, -0.05) is 29.8 Å². The Balaban J connectivity index is 1.97. The fourth-order valence-electron chi connectivity index (χ4n) is 1.99. The van der Waals surface area contributed by atoms with E-state index in [1.165, 1.54) is 12.8 Å². The molecule has 1 saturated heterocycles. The van der Waals surface area contributed by atoms with Crippen LogP contribution < -0.4 is 4.90 Å². The van der Waals surface area contributed by atoms with E-state index in [-0.39, 0.29) is 0 Å². The summed E-state index contributed by atoms with van der Waals surface area (Å²) in [5.41, 5.74) is 0. The Kier molecular flexibility index (Phi) is 4.19. The number of alkyl halides is 1. The molecular weight excluding hydrogens is 286 g/mol. The van der Waals surface area contributed by atoms with Gasteiger partial charge in [0, 0.05) is 35.9 Å². The summed E-state index contributed by atoms with van der Waals surface area (Å²) in [7, 11) is 0. The Morgan fingerprint density at radius 2 is 2.38 bits per heavy atom. The van der Waals surface area contributed by atoms with Crippen LogP contribution in [0, 0.1) is 5.92 Å². The number of hydrogen-bond donors (Lipinski definition) is 0. The average molecular weight is 304 g/mol. The summed E-state index contributed by atoms with van der Waals surface area (Å²) in [6, 6.07) is 0. The van der Waals surface area contributed by atoms with Crippen molar-refractivity contribution in [2.75, 3.05) is 23.3 Å². The number of hydrogen-bond acceptors (Lipinski definition) is 4. The van der Waals surface area contributed by atoms with Gasteiger partial charge in [0.25, 0.3) is 0 Å². The summed E-state index contributed by atoms with van der Waals surface area (Å²) in [6.07, 6.45) is 2.56. The second kappa shape index (κ2) is 5.45. The minimum absolute atomic E-state index is 0.436. The molecule has 0 amide bonds. The molecule has 16 heavy (non-hydrogen) atoms. The highest BCUT2D eigenvalue weighted by molar-refractivity contribution is 9.09. The molecule has 0 aliphatic carbocycles. The zero-order chi connectivity index (χ0) is 11.5. The summed E-state index contributed by atoms with van der Waals surface area (Å²) in [6.45, 7) is 6.58. The van der Waals surface area contributed by atoms with Gasteiger partial charge >= 0.3 is 0 Å². The molecule has 0 bridgehead atoms. The first kappa shape index (κ1) is 12.3. The van der Waals surface area contributed by atoms with Gasteiger partial charge in [0.1, 0.15) is 5.82 Å². The number of nitrogens with zero attached hydrogens (tertiary/aromatic N) is 3. The SMILES string of the molecule is CC(C)c1nsc(N2CCC(CCBr)C2)n1. The highest BCUT2D eigenvalue weighted by Gasteiger charge is 2.24. The fraction of sp³-hybridized carbons (Fsp3) is 0.818. The van der Waals surface area contributed by atoms with Crippen LogP contribution in [-0.2, 0) is 0 Å². The number of halogens is 1. The molecule has 1 aliphatic heterocycles. The highest BCUT2D eigenvalue weighted by Crippen LogP contribution is 2.28. The third-order valence-electron chi connectivity index (χ3n) is 3.02. The second-order valence-corrected chi connectivity index (χ2v) is 6.19. The lowest BCUT2D eigenvalue weighted by Crippen LogP contribution is -2.19. The second-order valence-electron chi connectivity index (χ2n) is 4.67. The maximum absolute atomic E-state index is 4.61. The van der Waals surface area contributed by atoms with Gasteiger partial charge in [0.15, 0.2) is 0 Å². The first-order valence-electron chi connectivity index (χ1n) is 5.85. The summed E-state index contributed by atoms with van der Waals surface area (Å²) in [4.78, 5) is 6.99. The van der Waals surface area contributed by atoms with E-state index in [4.69, 9.17) is 0 Å². The van der Waals surface area contributed by atoms with Crippen molar-refractivity contribution < 1.29 is 0 Å². The number of aromatic nitrogens is 2. The Labute approximate surface area is 110 Å². The van der Waals surface area contributed by atoms with Crippen molar-refractivity contribution >= 4 is 32.6 Å². The third kappa shape index (κ3) is 2.74. The van der Waals surface area contributed by atoms with Gasteiger partial charge in [0.2, 0.25) is 5.13 Å². The van der Waals surface area contributed by atoms with Gasteiger partial charge in [-0.2, -0.15) is 4.37 Å². The van der Waals surface area contributed by atoms with Gasteiger partial charge in [0.05, 0.1) is 0 Å². The van der Waals surface area contributed by atoms with Crippen molar-refractivity contribution in [1.82, 2.24) is 9.36 Å². The van der Waals surface area contributed by atoms with Crippen molar-refractivity contribution in [3.05, 3.63) is 5.82 Å². The van der Waals surface area contributed by atoms with E-state index >= 15 is 0 Å². The van der Waals surface area contributed by atoms with E-state index in [0.717, 1.165) is 35.3 Å². The van der Waals surface area contributed by atoms with Crippen LogP contribution in [0.15, 0.2) is 0 Å². The quantitative estimate of drug-likeness (QED) is 0.799. The molecule has 2 rings (SSSR count). The van der Waals surface area contributed by atoms with Crippen LogP contribution in [0.2, 0.25) is 0 Å². The van der Waals surface area contributed by atoms with E-state index in [9.17, 15) is 0 Å². The summed E-state index contributed by atoms with van der Waals surface area (Å²) >= 11 is 5.06. The molecular formula is C11H18BrN3S. The molecule has 90 valence electrons. The molecule has 1 aromatic rings. The lowest BCUT2D eigenvalue weighted by atomic mass is 10.1. The van der Waals surface area contributed by atoms with Crippen LogP contribution in [0.5, 0.6) is 0 Å². The van der Waals surface area contributed by atoms with Crippen molar-refractivity contribution in [2.24, 2.45) is 5.92 Å². The molecule has 0 N–H and O–H groups in total. The molecule has 1 atom stereocenters. The summed E-state index contributed by atoms with van der Waals surface area (Å²) < 4.78 is 4.41. The standard InChI is InChI=1S/C11H18BrN3S/c1-8(2)10-13-11(16-14-10)15-6-4-9(7-15)3-5-12/h8-9H,3-7H2,1-2H3. The molecule has 1 unspecified atom stereocenters. The molecule has 0 saturated carbocycles. The van der Waals surface area contributed by atoms with Gasteiger partial charge in [-0.3, -0.25) is 0 Å². The van der Waals surface area contributed by atoms with Crippen molar-refractivity contribution in [3.63, 3.8) is 0 Å². The molecule has 1 aromatic heterocycles. The minimum atomic E-state index is 0.436. The molecule has 0 radical (unpaired) electrons. The molecule has 0 spiro atoms. The lowest BCUT2D eigenvalue weighted by Gasteiger charge is -2.13. The van der Waals surface area contributed by atoms with Crippen LogP contribution in [0.3, 0.4) is 0 Å². The smallest absolute Gasteiger partial charge is 0.205 e. The van der Waals surface area contributed by atoms with Crippen molar-refractivity contribution in [2.45, 2.75) is 32.6 Å². The van der Waals surface area contributed by atoms with E-state index in [0.29, 0.717) is 5.92 Å². The number of rotatable bonds is 4. The van der Waals surface area contributed by atoms with Crippen LogP contribution in [0.25, 0.3) is 0 Å². The van der Waals surface area contributed by atoms with E-state index in [2.05, 4.69) is 44.0 Å². The zero-order valence-electron chi connectivity index (χ0n) is 9.82. The Morgan fingerprint density at radius 1 is 1.56 bits per heavy atom. The van der Waals surface area contributed by atoms with Crippen LogP contribution in [-0.4, -0.2) is 27.8 Å². The predicted octanol–water partition coefficient (Wildman–Crippen LogP) is 3.27. The molecule has 5 heteroatoms. The molecule has 3 nitrogen and oxygen atoms in total. The fourth-order valence-corrected chi connectivity index (χ4v) is 3.48. The molecule has 1 fully saturated rings. The first-order chi connectivity index (χ1) is 7.70.